The van der Waals surface area contributed by atoms with Crippen molar-refractivity contribution in [3.8, 4) is 11.1 Å². The van der Waals surface area contributed by atoms with Crippen LogP contribution < -0.4 is 18.9 Å². The minimum atomic E-state index is 0. The largest absolute Gasteiger partial charge is 1.00 e. The Morgan fingerprint density at radius 1 is 0.737 bits per heavy atom. The van der Waals surface area contributed by atoms with E-state index in [0.717, 1.165) is 6.42 Å². The van der Waals surface area contributed by atoms with Gasteiger partial charge in [-0.2, -0.15) is 6.42 Å². The van der Waals surface area contributed by atoms with Crippen LogP contribution in [0.2, 0.25) is 0 Å². The van der Waals surface area contributed by atoms with Crippen molar-refractivity contribution < 1.29 is 18.9 Å². The molecule has 0 unspecified atom stereocenters. The SMILES string of the molecule is [CH2-]CCCCC.[Li+].c1ccc(-c2ccccc2)cc1. The Morgan fingerprint density at radius 2 is 1.16 bits per heavy atom. The van der Waals surface area contributed by atoms with E-state index in [4.69, 9.17) is 0 Å². The summed E-state index contributed by atoms with van der Waals surface area (Å²) < 4.78 is 0. The van der Waals surface area contributed by atoms with E-state index in [0.29, 0.717) is 0 Å². The third kappa shape index (κ3) is 7.93. The van der Waals surface area contributed by atoms with Gasteiger partial charge in [0.1, 0.15) is 0 Å². The van der Waals surface area contributed by atoms with Crippen molar-refractivity contribution in [3.63, 3.8) is 0 Å². The molecular formula is C18H23Li. The van der Waals surface area contributed by atoms with Crippen molar-refractivity contribution in [2.45, 2.75) is 32.6 Å². The Bertz CT molecular complexity index is 353. The topological polar surface area (TPSA) is 0 Å². The minimum Gasteiger partial charge on any atom is -0.343 e. The van der Waals surface area contributed by atoms with E-state index < -0.39 is 0 Å². The van der Waals surface area contributed by atoms with Gasteiger partial charge >= 0.3 is 18.9 Å². The van der Waals surface area contributed by atoms with E-state index in [2.05, 4.69) is 62.4 Å². The molecule has 0 fully saturated rings. The Kier molecular flexibility index (Phi) is 11.5. The van der Waals surface area contributed by atoms with Crippen molar-refractivity contribution in [3.05, 3.63) is 67.6 Å². The maximum Gasteiger partial charge on any atom is 1.00 e. The van der Waals surface area contributed by atoms with Crippen LogP contribution in [0.4, 0.5) is 0 Å². The average molecular weight is 246 g/mol. The van der Waals surface area contributed by atoms with Crippen LogP contribution in [0.5, 0.6) is 0 Å². The number of hydrogen-bond donors (Lipinski definition) is 0. The molecule has 0 aliphatic heterocycles. The van der Waals surface area contributed by atoms with Gasteiger partial charge in [0.25, 0.3) is 0 Å². The molecule has 0 saturated heterocycles. The van der Waals surface area contributed by atoms with Gasteiger partial charge in [-0.3, -0.25) is 0 Å². The average Bonchev–Trinajstić information content (AvgIpc) is 2.48. The quantitative estimate of drug-likeness (QED) is 0.442. The molecule has 19 heavy (non-hydrogen) atoms. The summed E-state index contributed by atoms with van der Waals surface area (Å²) in [5.41, 5.74) is 2.55. The Labute approximate surface area is 130 Å². The predicted octanol–water partition coefficient (Wildman–Crippen LogP) is 2.76. The van der Waals surface area contributed by atoms with Crippen LogP contribution >= 0.6 is 0 Å². The zero-order valence-corrected chi connectivity index (χ0v) is 12.3. The fraction of sp³-hybridized carbons (Fsp3) is 0.278. The number of hydrogen-bond acceptors (Lipinski definition) is 0. The van der Waals surface area contributed by atoms with Gasteiger partial charge in [0.15, 0.2) is 0 Å². The maximum absolute atomic E-state index is 3.72. The van der Waals surface area contributed by atoms with Crippen LogP contribution in [0.15, 0.2) is 60.7 Å². The molecule has 0 bridgehead atoms. The second-order valence-electron chi connectivity index (χ2n) is 4.29. The molecule has 0 saturated carbocycles. The van der Waals surface area contributed by atoms with Crippen LogP contribution in [0.25, 0.3) is 11.1 Å². The third-order valence-electron chi connectivity index (χ3n) is 2.73. The minimum absolute atomic E-state index is 0. The van der Waals surface area contributed by atoms with Crippen molar-refractivity contribution in [2.75, 3.05) is 0 Å². The van der Waals surface area contributed by atoms with E-state index in [1.165, 1.54) is 30.4 Å². The van der Waals surface area contributed by atoms with E-state index in [-0.39, 0.29) is 18.9 Å². The predicted molar refractivity (Wildman–Crippen MR) is 81.4 cm³/mol. The summed E-state index contributed by atoms with van der Waals surface area (Å²) in [4.78, 5) is 0. The summed E-state index contributed by atoms with van der Waals surface area (Å²) in [6.45, 7) is 5.93. The van der Waals surface area contributed by atoms with Gasteiger partial charge in [-0.15, -0.1) is 0 Å². The number of unbranched alkanes of at least 4 members (excludes halogenated alkanes) is 3. The monoisotopic (exact) mass is 246 g/mol. The molecular weight excluding hydrogens is 223 g/mol. The first-order valence-electron chi connectivity index (χ1n) is 6.78. The maximum atomic E-state index is 3.72. The fourth-order valence-electron chi connectivity index (χ4n) is 1.69. The van der Waals surface area contributed by atoms with Gasteiger partial charge in [-0.25, -0.2) is 0 Å². The molecule has 0 N–H and O–H groups in total. The van der Waals surface area contributed by atoms with E-state index in [1.807, 2.05) is 12.1 Å². The van der Waals surface area contributed by atoms with Gasteiger partial charge in [-0.05, 0) is 11.1 Å². The summed E-state index contributed by atoms with van der Waals surface area (Å²) in [5, 5.41) is 0. The molecule has 0 spiro atoms. The normalized spacial score (nSPS) is 8.95. The van der Waals surface area contributed by atoms with E-state index in [1.54, 1.807) is 0 Å². The van der Waals surface area contributed by atoms with Crippen LogP contribution in [0, 0.1) is 6.92 Å². The third-order valence-corrected chi connectivity index (χ3v) is 2.73. The van der Waals surface area contributed by atoms with Gasteiger partial charge in [0.05, 0.1) is 0 Å². The molecule has 0 heterocycles. The zero-order valence-electron chi connectivity index (χ0n) is 12.3. The number of benzene rings is 2. The molecule has 96 valence electrons. The standard InChI is InChI=1S/C12H10.C6H13.Li/c1-3-7-11(8-4-1)12-9-5-2-6-10-12;1-3-5-6-4-2;/h1-10H;1,3-6H2,2H3;/q;-1;+1. The summed E-state index contributed by atoms with van der Waals surface area (Å²) in [7, 11) is 0. The molecule has 0 aliphatic rings. The van der Waals surface area contributed by atoms with Crippen LogP contribution in [-0.2, 0) is 0 Å². The summed E-state index contributed by atoms with van der Waals surface area (Å²) in [6.07, 6.45) is 5.07. The summed E-state index contributed by atoms with van der Waals surface area (Å²) in [6, 6.07) is 20.8. The molecule has 0 amide bonds. The second kappa shape index (κ2) is 12.1. The van der Waals surface area contributed by atoms with Crippen molar-refractivity contribution >= 4 is 0 Å². The molecule has 0 aromatic heterocycles. The van der Waals surface area contributed by atoms with Crippen LogP contribution in [0.1, 0.15) is 32.6 Å². The van der Waals surface area contributed by atoms with Crippen molar-refractivity contribution in [1.82, 2.24) is 0 Å². The van der Waals surface area contributed by atoms with Crippen LogP contribution in [-0.4, -0.2) is 0 Å². The first-order valence-corrected chi connectivity index (χ1v) is 6.78. The zero-order chi connectivity index (χ0) is 13.1. The van der Waals surface area contributed by atoms with Gasteiger partial charge in [0.2, 0.25) is 0 Å². The molecule has 0 atom stereocenters. The Hall–Kier alpha value is -0.963. The van der Waals surface area contributed by atoms with Gasteiger partial charge in [0, 0.05) is 0 Å². The summed E-state index contributed by atoms with van der Waals surface area (Å²) in [5.74, 6) is 0. The fourth-order valence-corrected chi connectivity index (χ4v) is 1.69. The van der Waals surface area contributed by atoms with Crippen LogP contribution in [0.3, 0.4) is 0 Å². The first kappa shape index (κ1) is 18.0. The van der Waals surface area contributed by atoms with Gasteiger partial charge in [-0.1, -0.05) is 86.8 Å². The molecule has 0 radical (unpaired) electrons. The molecule has 2 aromatic rings. The summed E-state index contributed by atoms with van der Waals surface area (Å²) >= 11 is 0. The second-order valence-corrected chi connectivity index (χ2v) is 4.29. The smallest absolute Gasteiger partial charge is 0.343 e. The Balaban J connectivity index is 0.000000404. The molecule has 1 heteroatoms. The number of rotatable bonds is 4. The molecule has 2 aromatic carbocycles. The molecule has 0 aliphatic carbocycles. The van der Waals surface area contributed by atoms with Gasteiger partial charge < -0.3 is 6.92 Å². The Morgan fingerprint density at radius 3 is 1.42 bits per heavy atom. The van der Waals surface area contributed by atoms with Crippen molar-refractivity contribution in [1.29, 1.82) is 0 Å². The molecule has 0 nitrogen and oxygen atoms in total. The van der Waals surface area contributed by atoms with Crippen molar-refractivity contribution in [2.24, 2.45) is 0 Å². The van der Waals surface area contributed by atoms with E-state index in [9.17, 15) is 0 Å². The molecule has 2 rings (SSSR count). The first-order chi connectivity index (χ1) is 8.88. The van der Waals surface area contributed by atoms with E-state index >= 15 is 0 Å².